The average Bonchev–Trinajstić information content (AvgIpc) is 3.31. The second kappa shape index (κ2) is 7.04. The summed E-state index contributed by atoms with van der Waals surface area (Å²) in [7, 11) is 0. The maximum atomic E-state index is 13.1. The van der Waals surface area contributed by atoms with Gasteiger partial charge in [0.1, 0.15) is 9.48 Å². The summed E-state index contributed by atoms with van der Waals surface area (Å²) in [5.74, 6) is 0.143. The van der Waals surface area contributed by atoms with Crippen molar-refractivity contribution in [2.45, 2.75) is 37.9 Å². The summed E-state index contributed by atoms with van der Waals surface area (Å²) < 4.78 is 2.82. The van der Waals surface area contributed by atoms with Gasteiger partial charge in [0.05, 0.1) is 6.20 Å². The number of imidazole rings is 1. The van der Waals surface area contributed by atoms with Crippen LogP contribution in [0.3, 0.4) is 0 Å². The number of likely N-dealkylation sites (tertiary alicyclic amines) is 1. The zero-order chi connectivity index (χ0) is 18.4. The molecule has 0 radical (unpaired) electrons. The Morgan fingerprint density at radius 1 is 1.19 bits per heavy atom. The molecule has 2 atom stereocenters. The molecule has 7 heteroatoms. The second-order valence-electron chi connectivity index (χ2n) is 7.41. The molecule has 2 fully saturated rings. The smallest absolute Gasteiger partial charge is 0.265 e. The van der Waals surface area contributed by atoms with Gasteiger partial charge >= 0.3 is 0 Å². The molecule has 0 N–H and O–H groups in total. The van der Waals surface area contributed by atoms with Gasteiger partial charge in [-0.1, -0.05) is 41.7 Å². The molecule has 1 aromatic carbocycles. The maximum Gasteiger partial charge on any atom is 0.265 e. The van der Waals surface area contributed by atoms with Crippen LogP contribution in [0.15, 0.2) is 47.3 Å². The highest BCUT2D eigenvalue weighted by Gasteiger charge is 2.38. The van der Waals surface area contributed by atoms with E-state index in [2.05, 4.69) is 61.0 Å². The summed E-state index contributed by atoms with van der Waals surface area (Å²) >= 11 is 4.95. The molecule has 2 unspecified atom stereocenters. The van der Waals surface area contributed by atoms with Crippen molar-refractivity contribution < 1.29 is 4.79 Å². The van der Waals surface area contributed by atoms with E-state index in [0.717, 1.165) is 40.5 Å². The van der Waals surface area contributed by atoms with E-state index in [-0.39, 0.29) is 5.91 Å². The first kappa shape index (κ1) is 17.4. The van der Waals surface area contributed by atoms with Crippen LogP contribution in [0.1, 0.15) is 34.5 Å². The van der Waals surface area contributed by atoms with Gasteiger partial charge in [-0.3, -0.25) is 14.1 Å². The summed E-state index contributed by atoms with van der Waals surface area (Å²) in [6.07, 6.45) is 7.16. The van der Waals surface area contributed by atoms with E-state index in [9.17, 15) is 4.79 Å². The van der Waals surface area contributed by atoms with Crippen molar-refractivity contribution in [1.82, 2.24) is 19.2 Å². The van der Waals surface area contributed by atoms with Crippen LogP contribution >= 0.6 is 27.3 Å². The lowest BCUT2D eigenvalue weighted by molar-refractivity contribution is 0.0739. The Hall–Kier alpha value is -1.70. The Bertz CT molecular complexity index is 969. The summed E-state index contributed by atoms with van der Waals surface area (Å²) in [6, 6.07) is 11.7. The van der Waals surface area contributed by atoms with Gasteiger partial charge < -0.3 is 4.90 Å². The molecule has 2 aromatic heterocycles. The summed E-state index contributed by atoms with van der Waals surface area (Å²) in [4.78, 5) is 23.8. The van der Waals surface area contributed by atoms with Crippen molar-refractivity contribution in [3.05, 3.63) is 57.8 Å². The van der Waals surface area contributed by atoms with Crippen molar-refractivity contribution >= 4 is 38.1 Å². The summed E-state index contributed by atoms with van der Waals surface area (Å²) in [5, 5.41) is 0. The second-order valence-corrected chi connectivity index (χ2v) is 9.23. The molecule has 27 heavy (non-hydrogen) atoms. The van der Waals surface area contributed by atoms with Gasteiger partial charge in [0.15, 0.2) is 4.96 Å². The largest absolute Gasteiger partial charge is 0.336 e. The lowest BCUT2D eigenvalue weighted by Gasteiger charge is -2.28. The van der Waals surface area contributed by atoms with Crippen LogP contribution in [0.4, 0.5) is 0 Å². The number of amides is 1. The number of carbonyl (C=O) groups excluding carboxylic acids is 1. The van der Waals surface area contributed by atoms with Crippen molar-refractivity contribution in [3.63, 3.8) is 0 Å². The standard InChI is InChI=1S/C20H21BrN4OS/c21-18-10-22-20-25(18)13-17(27-20)19(26)23-9-8-15-6-7-16(12-23)24(15)11-14-4-2-1-3-5-14/h1-5,10,13,15-16H,6-9,11-12H2. The average molecular weight is 445 g/mol. The van der Waals surface area contributed by atoms with E-state index in [4.69, 9.17) is 0 Å². The molecule has 4 heterocycles. The Labute approximate surface area is 170 Å². The fourth-order valence-corrected chi connectivity index (χ4v) is 5.84. The van der Waals surface area contributed by atoms with Crippen molar-refractivity contribution in [2.75, 3.05) is 13.1 Å². The number of hydrogen-bond acceptors (Lipinski definition) is 4. The van der Waals surface area contributed by atoms with Gasteiger partial charge in [-0.2, -0.15) is 0 Å². The third kappa shape index (κ3) is 3.22. The van der Waals surface area contributed by atoms with E-state index < -0.39 is 0 Å². The minimum atomic E-state index is 0.143. The van der Waals surface area contributed by atoms with Gasteiger partial charge in [-0.05, 0) is 40.8 Å². The lowest BCUT2D eigenvalue weighted by atomic mass is 10.1. The third-order valence-electron chi connectivity index (χ3n) is 5.81. The van der Waals surface area contributed by atoms with Gasteiger partial charge in [0.25, 0.3) is 5.91 Å². The number of aromatic nitrogens is 2. The minimum absolute atomic E-state index is 0.143. The number of benzene rings is 1. The van der Waals surface area contributed by atoms with Gasteiger partial charge in [-0.25, -0.2) is 4.98 Å². The topological polar surface area (TPSA) is 40.9 Å². The highest BCUT2D eigenvalue weighted by Crippen LogP contribution is 2.33. The Balaban J connectivity index is 1.34. The van der Waals surface area contributed by atoms with Crippen LogP contribution in [-0.4, -0.2) is 50.3 Å². The van der Waals surface area contributed by atoms with Crippen molar-refractivity contribution in [3.8, 4) is 0 Å². The van der Waals surface area contributed by atoms with Crippen LogP contribution in [0, 0.1) is 0 Å². The predicted molar refractivity (Wildman–Crippen MR) is 110 cm³/mol. The Kier molecular flexibility index (Phi) is 4.53. The van der Waals surface area contributed by atoms with Crippen molar-refractivity contribution in [1.29, 1.82) is 0 Å². The number of rotatable bonds is 3. The first-order chi connectivity index (χ1) is 13.2. The Morgan fingerprint density at radius 3 is 2.81 bits per heavy atom. The summed E-state index contributed by atoms with van der Waals surface area (Å²) in [5.41, 5.74) is 1.36. The molecule has 140 valence electrons. The molecule has 0 saturated carbocycles. The van der Waals surface area contributed by atoms with Gasteiger partial charge in [0.2, 0.25) is 0 Å². The Morgan fingerprint density at radius 2 is 2.00 bits per heavy atom. The summed E-state index contributed by atoms with van der Waals surface area (Å²) in [6.45, 7) is 2.65. The molecule has 5 rings (SSSR count). The highest BCUT2D eigenvalue weighted by molar-refractivity contribution is 9.10. The monoisotopic (exact) mass is 444 g/mol. The quantitative estimate of drug-likeness (QED) is 0.611. The number of halogens is 1. The number of carbonyl (C=O) groups is 1. The van der Waals surface area contributed by atoms with E-state index >= 15 is 0 Å². The first-order valence-electron chi connectivity index (χ1n) is 9.40. The molecule has 2 aliphatic rings. The molecule has 1 amide bonds. The predicted octanol–water partition coefficient (Wildman–Crippen LogP) is 4.04. The van der Waals surface area contributed by atoms with E-state index in [1.807, 2.05) is 10.6 Å². The van der Waals surface area contributed by atoms with Crippen molar-refractivity contribution in [2.24, 2.45) is 0 Å². The third-order valence-corrected chi connectivity index (χ3v) is 7.38. The fourth-order valence-electron chi connectivity index (χ4n) is 4.42. The van der Waals surface area contributed by atoms with E-state index in [0.29, 0.717) is 12.1 Å². The fraction of sp³-hybridized carbons (Fsp3) is 0.400. The molecule has 0 spiro atoms. The molecule has 2 bridgehead atoms. The van der Waals surface area contributed by atoms with Gasteiger partial charge in [0, 0.05) is 37.9 Å². The van der Waals surface area contributed by atoms with Gasteiger partial charge in [-0.15, -0.1) is 0 Å². The maximum absolute atomic E-state index is 13.1. The number of hydrogen-bond donors (Lipinski definition) is 0. The molecule has 5 nitrogen and oxygen atoms in total. The molecule has 3 aromatic rings. The zero-order valence-corrected chi connectivity index (χ0v) is 17.3. The number of nitrogens with zero attached hydrogens (tertiary/aromatic N) is 4. The molecular weight excluding hydrogens is 424 g/mol. The molecular formula is C20H21BrN4OS. The number of thiazole rings is 1. The zero-order valence-electron chi connectivity index (χ0n) is 14.9. The lowest BCUT2D eigenvalue weighted by Crippen LogP contribution is -2.40. The van der Waals surface area contributed by atoms with Crippen LogP contribution in [0.25, 0.3) is 4.96 Å². The van der Waals surface area contributed by atoms with E-state index in [1.165, 1.54) is 29.7 Å². The number of fused-ring (bicyclic) bond motifs is 3. The molecule has 2 aliphatic heterocycles. The SMILES string of the molecule is O=C(c1cn2c(Br)cnc2s1)N1CCC2CCC(C1)N2Cc1ccccc1. The normalized spacial score (nSPS) is 23.1. The minimum Gasteiger partial charge on any atom is -0.336 e. The highest BCUT2D eigenvalue weighted by atomic mass is 79.9. The molecule has 0 aliphatic carbocycles. The van der Waals surface area contributed by atoms with E-state index in [1.54, 1.807) is 6.20 Å². The molecule has 2 saturated heterocycles. The van der Waals surface area contributed by atoms with Crippen LogP contribution in [-0.2, 0) is 6.54 Å². The van der Waals surface area contributed by atoms with Crippen LogP contribution in [0.2, 0.25) is 0 Å². The van der Waals surface area contributed by atoms with Crippen LogP contribution < -0.4 is 0 Å². The first-order valence-corrected chi connectivity index (χ1v) is 11.0. The van der Waals surface area contributed by atoms with Crippen LogP contribution in [0.5, 0.6) is 0 Å².